The van der Waals surface area contributed by atoms with Gasteiger partial charge in [0, 0.05) is 12.1 Å². The maximum Gasteiger partial charge on any atom is 0.254 e. The fourth-order valence-electron chi connectivity index (χ4n) is 2.35. The fourth-order valence-corrected chi connectivity index (χ4v) is 2.52. The number of anilines is 1. The van der Waals surface area contributed by atoms with Gasteiger partial charge in [-0.1, -0.05) is 23.7 Å². The van der Waals surface area contributed by atoms with Gasteiger partial charge >= 0.3 is 0 Å². The third-order valence-corrected chi connectivity index (χ3v) is 3.86. The molecular formula is C17H14ClFN4O2. The number of imidazole rings is 1. The van der Waals surface area contributed by atoms with E-state index in [1.165, 1.54) is 18.2 Å². The summed E-state index contributed by atoms with van der Waals surface area (Å²) in [5.41, 5.74) is 1.32. The monoisotopic (exact) mass is 360 g/mol. The zero-order valence-corrected chi connectivity index (χ0v) is 14.0. The molecule has 0 spiro atoms. The van der Waals surface area contributed by atoms with Gasteiger partial charge in [-0.2, -0.15) is 0 Å². The molecule has 6 nitrogen and oxygen atoms in total. The number of rotatable bonds is 4. The second-order valence-corrected chi connectivity index (χ2v) is 5.77. The van der Waals surface area contributed by atoms with Crippen molar-refractivity contribution in [2.45, 2.75) is 0 Å². The number of nitrogens with zero attached hydrogens (tertiary/aromatic N) is 2. The van der Waals surface area contributed by atoms with E-state index in [-0.39, 0.29) is 12.1 Å². The number of hydrogen-bond acceptors (Lipinski definition) is 3. The molecule has 0 aliphatic heterocycles. The molecule has 2 amide bonds. The molecule has 1 aromatic heterocycles. The first-order chi connectivity index (χ1) is 12.0. The molecule has 2 N–H and O–H groups in total. The topological polar surface area (TPSA) is 76.0 Å². The third-order valence-electron chi connectivity index (χ3n) is 3.62. The van der Waals surface area contributed by atoms with E-state index >= 15 is 0 Å². The Morgan fingerprint density at radius 3 is 2.76 bits per heavy atom. The molecule has 3 aromatic rings. The standard InChI is InChI=1S/C17H14ClFN4O2/c1-23-14-7-6-10(18)8-13(14)21-17(23)22-15(24)9-20-16(25)11-4-2-3-5-12(11)19/h2-8H,9H2,1H3,(H,20,25)(H,21,22,24). The van der Waals surface area contributed by atoms with E-state index in [4.69, 9.17) is 11.6 Å². The van der Waals surface area contributed by atoms with Crippen molar-refractivity contribution in [2.24, 2.45) is 7.05 Å². The highest BCUT2D eigenvalue weighted by Crippen LogP contribution is 2.21. The molecule has 2 aromatic carbocycles. The van der Waals surface area contributed by atoms with Crippen molar-refractivity contribution in [3.05, 3.63) is 58.9 Å². The lowest BCUT2D eigenvalue weighted by atomic mass is 10.2. The SMILES string of the molecule is Cn1c(NC(=O)CNC(=O)c2ccccc2F)nc2cc(Cl)ccc21. The van der Waals surface area contributed by atoms with Gasteiger partial charge in [0.25, 0.3) is 5.91 Å². The van der Waals surface area contributed by atoms with Crippen LogP contribution in [0.15, 0.2) is 42.5 Å². The van der Waals surface area contributed by atoms with Crippen molar-refractivity contribution in [2.75, 3.05) is 11.9 Å². The van der Waals surface area contributed by atoms with Gasteiger partial charge in [-0.15, -0.1) is 0 Å². The van der Waals surface area contributed by atoms with Gasteiger partial charge in [-0.25, -0.2) is 9.37 Å². The minimum atomic E-state index is -0.662. The molecule has 0 aliphatic rings. The highest BCUT2D eigenvalue weighted by Gasteiger charge is 2.14. The second kappa shape index (κ2) is 6.90. The molecule has 8 heteroatoms. The lowest BCUT2D eigenvalue weighted by Crippen LogP contribution is -2.33. The molecule has 0 bridgehead atoms. The minimum absolute atomic E-state index is 0.118. The highest BCUT2D eigenvalue weighted by molar-refractivity contribution is 6.31. The van der Waals surface area contributed by atoms with Crippen LogP contribution in [0.25, 0.3) is 11.0 Å². The van der Waals surface area contributed by atoms with Crippen LogP contribution >= 0.6 is 11.6 Å². The van der Waals surface area contributed by atoms with Crippen molar-refractivity contribution in [1.82, 2.24) is 14.9 Å². The highest BCUT2D eigenvalue weighted by atomic mass is 35.5. The Morgan fingerprint density at radius 2 is 2.00 bits per heavy atom. The van der Waals surface area contributed by atoms with Crippen LogP contribution in [0.4, 0.5) is 10.3 Å². The number of aryl methyl sites for hydroxylation is 1. The van der Waals surface area contributed by atoms with Crippen molar-refractivity contribution < 1.29 is 14.0 Å². The summed E-state index contributed by atoms with van der Waals surface area (Å²) in [5, 5.41) is 5.52. The van der Waals surface area contributed by atoms with E-state index in [0.717, 1.165) is 5.52 Å². The Morgan fingerprint density at radius 1 is 1.24 bits per heavy atom. The Hall–Kier alpha value is -2.93. The zero-order valence-electron chi connectivity index (χ0n) is 13.2. The average Bonchev–Trinajstić information content (AvgIpc) is 2.88. The smallest absolute Gasteiger partial charge is 0.254 e. The van der Waals surface area contributed by atoms with Crippen LogP contribution in [0.1, 0.15) is 10.4 Å². The Bertz CT molecular complexity index is 970. The van der Waals surface area contributed by atoms with E-state index in [2.05, 4.69) is 15.6 Å². The number of benzene rings is 2. The molecular weight excluding hydrogens is 347 g/mol. The van der Waals surface area contributed by atoms with Crippen LogP contribution in [-0.2, 0) is 11.8 Å². The van der Waals surface area contributed by atoms with Gasteiger partial charge in [-0.05, 0) is 30.3 Å². The summed E-state index contributed by atoms with van der Waals surface area (Å²) < 4.78 is 15.2. The number of carbonyl (C=O) groups is 2. The van der Waals surface area contributed by atoms with Gasteiger partial charge < -0.3 is 9.88 Å². The number of carbonyl (C=O) groups excluding carboxylic acids is 2. The lowest BCUT2D eigenvalue weighted by Gasteiger charge is -2.07. The summed E-state index contributed by atoms with van der Waals surface area (Å²) in [6.45, 7) is -0.308. The summed E-state index contributed by atoms with van der Waals surface area (Å²) in [6.07, 6.45) is 0. The lowest BCUT2D eigenvalue weighted by molar-refractivity contribution is -0.115. The summed E-state index contributed by atoms with van der Waals surface area (Å²) in [5.74, 6) is -1.46. The predicted octanol–water partition coefficient (Wildman–Crippen LogP) is 2.73. The van der Waals surface area contributed by atoms with Crippen molar-refractivity contribution >= 4 is 40.4 Å². The van der Waals surface area contributed by atoms with E-state index in [0.29, 0.717) is 16.5 Å². The molecule has 0 saturated carbocycles. The zero-order chi connectivity index (χ0) is 18.0. The van der Waals surface area contributed by atoms with Crippen molar-refractivity contribution in [3.63, 3.8) is 0 Å². The van der Waals surface area contributed by atoms with Crippen LogP contribution in [0, 0.1) is 5.82 Å². The summed E-state index contributed by atoms with van der Waals surface area (Å²) in [7, 11) is 1.75. The molecule has 0 saturated heterocycles. The van der Waals surface area contributed by atoms with Crippen LogP contribution in [0.5, 0.6) is 0 Å². The van der Waals surface area contributed by atoms with Gasteiger partial charge in [0.1, 0.15) is 5.82 Å². The summed E-state index contributed by atoms with van der Waals surface area (Å²) in [6, 6.07) is 10.8. The third kappa shape index (κ3) is 3.61. The minimum Gasteiger partial charge on any atom is -0.343 e. The molecule has 0 atom stereocenters. The Labute approximate surface area is 147 Å². The van der Waals surface area contributed by atoms with Crippen LogP contribution in [-0.4, -0.2) is 27.9 Å². The molecule has 0 aliphatic carbocycles. The molecule has 3 rings (SSSR count). The number of amides is 2. The molecule has 0 fully saturated rings. The van der Waals surface area contributed by atoms with Crippen LogP contribution in [0.2, 0.25) is 5.02 Å². The molecule has 0 radical (unpaired) electrons. The Kier molecular flexibility index (Phi) is 4.67. The number of nitrogens with one attached hydrogen (secondary N) is 2. The fraction of sp³-hybridized carbons (Fsp3) is 0.118. The van der Waals surface area contributed by atoms with Crippen molar-refractivity contribution in [3.8, 4) is 0 Å². The average molecular weight is 361 g/mol. The van der Waals surface area contributed by atoms with E-state index in [1.54, 1.807) is 35.9 Å². The van der Waals surface area contributed by atoms with Gasteiger partial charge in [-0.3, -0.25) is 14.9 Å². The number of aromatic nitrogens is 2. The maximum absolute atomic E-state index is 13.5. The largest absolute Gasteiger partial charge is 0.343 e. The number of halogens is 2. The van der Waals surface area contributed by atoms with E-state index < -0.39 is 17.6 Å². The summed E-state index contributed by atoms with van der Waals surface area (Å²) >= 11 is 5.93. The molecule has 1 heterocycles. The first kappa shape index (κ1) is 16.9. The van der Waals surface area contributed by atoms with Gasteiger partial charge in [0.15, 0.2) is 0 Å². The first-order valence-electron chi connectivity index (χ1n) is 7.40. The molecule has 25 heavy (non-hydrogen) atoms. The van der Waals surface area contributed by atoms with Crippen LogP contribution < -0.4 is 10.6 Å². The maximum atomic E-state index is 13.5. The number of fused-ring (bicyclic) bond motifs is 1. The normalized spacial score (nSPS) is 10.7. The van der Waals surface area contributed by atoms with E-state index in [1.807, 2.05) is 0 Å². The first-order valence-corrected chi connectivity index (χ1v) is 7.78. The van der Waals surface area contributed by atoms with Crippen LogP contribution in [0.3, 0.4) is 0 Å². The number of hydrogen-bond donors (Lipinski definition) is 2. The predicted molar refractivity (Wildman–Crippen MR) is 93.1 cm³/mol. The van der Waals surface area contributed by atoms with Gasteiger partial charge in [0.2, 0.25) is 11.9 Å². The molecule has 128 valence electrons. The quantitative estimate of drug-likeness (QED) is 0.751. The van der Waals surface area contributed by atoms with Gasteiger partial charge in [0.05, 0.1) is 23.1 Å². The van der Waals surface area contributed by atoms with Crippen molar-refractivity contribution in [1.29, 1.82) is 0 Å². The van der Waals surface area contributed by atoms with E-state index in [9.17, 15) is 14.0 Å². The second-order valence-electron chi connectivity index (χ2n) is 5.34. The Balaban J connectivity index is 1.66. The molecule has 0 unspecified atom stereocenters. The summed E-state index contributed by atoms with van der Waals surface area (Å²) in [4.78, 5) is 28.2.